The van der Waals surface area contributed by atoms with E-state index in [1.807, 2.05) is 48.5 Å². The summed E-state index contributed by atoms with van der Waals surface area (Å²) >= 11 is 3.40. The molecule has 1 atom stereocenters. The van der Waals surface area contributed by atoms with Crippen molar-refractivity contribution in [2.75, 3.05) is 4.90 Å². The lowest BCUT2D eigenvalue weighted by Gasteiger charge is -2.27. The van der Waals surface area contributed by atoms with Crippen LogP contribution in [0.4, 0.5) is 5.69 Å². The molecule has 0 aromatic heterocycles. The van der Waals surface area contributed by atoms with Gasteiger partial charge in [-0.25, -0.2) is 0 Å². The predicted octanol–water partition coefficient (Wildman–Crippen LogP) is 7.67. The Morgan fingerprint density at radius 1 is 0.750 bits per heavy atom. The van der Waals surface area contributed by atoms with Crippen LogP contribution in [0.15, 0.2) is 82.8 Å². The minimum Gasteiger partial charge on any atom is -0.507 e. The van der Waals surface area contributed by atoms with Crippen LogP contribution in [0.25, 0.3) is 5.76 Å². The lowest BCUT2D eigenvalue weighted by Crippen LogP contribution is -2.29. The van der Waals surface area contributed by atoms with E-state index in [2.05, 4.69) is 57.5 Å². The molecular formula is C31H32BrNO3. The second kappa shape index (κ2) is 9.36. The average molecular weight is 547 g/mol. The molecule has 36 heavy (non-hydrogen) atoms. The van der Waals surface area contributed by atoms with Crippen LogP contribution in [0.5, 0.6) is 0 Å². The Kier molecular flexibility index (Phi) is 6.74. The zero-order valence-corrected chi connectivity index (χ0v) is 23.2. The minimum atomic E-state index is -0.747. The number of nitrogens with zero attached hydrogens (tertiary/aromatic N) is 1. The largest absolute Gasteiger partial charge is 0.507 e. The standard InChI is InChI=1S/C31H32BrNO3/c1-30(2,3)21-11-7-19(8-12-21)26-25(27(34)20-9-15-23(32)16-10-20)28(35)29(36)33(26)24-17-13-22(14-18-24)31(4,5)6/h7-18,26,34H,1-6H3/b27-25-. The van der Waals surface area contributed by atoms with Gasteiger partial charge in [0.15, 0.2) is 0 Å². The number of hydrogen-bond acceptors (Lipinski definition) is 3. The Balaban J connectivity index is 1.90. The van der Waals surface area contributed by atoms with E-state index in [-0.39, 0.29) is 22.2 Å². The van der Waals surface area contributed by atoms with Crippen molar-refractivity contribution in [3.8, 4) is 0 Å². The molecule has 1 aliphatic heterocycles. The molecule has 0 bridgehead atoms. The summed E-state index contributed by atoms with van der Waals surface area (Å²) in [5.74, 6) is -1.53. The maximum absolute atomic E-state index is 13.4. The van der Waals surface area contributed by atoms with Gasteiger partial charge in [-0.05, 0) is 51.8 Å². The zero-order chi connectivity index (χ0) is 26.4. The van der Waals surface area contributed by atoms with E-state index in [1.54, 1.807) is 24.3 Å². The number of Topliss-reactive ketones (excluding diaryl/α,β-unsaturated/α-hetero) is 1. The summed E-state index contributed by atoms with van der Waals surface area (Å²) in [5.41, 5.74) is 4.14. The molecule has 1 saturated heterocycles. The molecule has 1 N–H and O–H groups in total. The average Bonchev–Trinajstić information content (AvgIpc) is 3.08. The number of carbonyl (C=O) groups excluding carboxylic acids is 2. The van der Waals surface area contributed by atoms with E-state index in [0.29, 0.717) is 11.3 Å². The van der Waals surface area contributed by atoms with Gasteiger partial charge >= 0.3 is 0 Å². The Bertz CT molecular complexity index is 1320. The van der Waals surface area contributed by atoms with E-state index in [1.165, 1.54) is 4.90 Å². The zero-order valence-electron chi connectivity index (χ0n) is 21.6. The van der Waals surface area contributed by atoms with Gasteiger partial charge in [-0.3, -0.25) is 14.5 Å². The first kappa shape index (κ1) is 25.9. The van der Waals surface area contributed by atoms with E-state index in [9.17, 15) is 14.7 Å². The number of ketones is 1. The maximum Gasteiger partial charge on any atom is 0.300 e. The molecule has 1 fully saturated rings. The SMILES string of the molecule is CC(C)(C)c1ccc(C2/C(=C(/O)c3ccc(Br)cc3)C(=O)C(=O)N2c2ccc(C(C)(C)C)cc2)cc1. The fourth-order valence-corrected chi connectivity index (χ4v) is 4.73. The summed E-state index contributed by atoms with van der Waals surface area (Å²) in [6, 6.07) is 22.0. The van der Waals surface area contributed by atoms with Crippen LogP contribution in [-0.4, -0.2) is 16.8 Å². The number of hydrogen-bond donors (Lipinski definition) is 1. The smallest absolute Gasteiger partial charge is 0.300 e. The minimum absolute atomic E-state index is 0.0411. The van der Waals surface area contributed by atoms with Crippen molar-refractivity contribution in [3.05, 3.63) is 105 Å². The van der Waals surface area contributed by atoms with Crippen LogP contribution in [0, 0.1) is 0 Å². The molecule has 1 heterocycles. The van der Waals surface area contributed by atoms with Crippen LogP contribution in [-0.2, 0) is 20.4 Å². The van der Waals surface area contributed by atoms with Crippen molar-refractivity contribution in [1.82, 2.24) is 0 Å². The Morgan fingerprint density at radius 2 is 1.22 bits per heavy atom. The highest BCUT2D eigenvalue weighted by Crippen LogP contribution is 2.43. The topological polar surface area (TPSA) is 57.6 Å². The third-order valence-electron chi connectivity index (χ3n) is 6.67. The van der Waals surface area contributed by atoms with Gasteiger partial charge in [0, 0.05) is 15.7 Å². The van der Waals surface area contributed by atoms with Crippen molar-refractivity contribution >= 4 is 39.1 Å². The van der Waals surface area contributed by atoms with Crippen molar-refractivity contribution in [2.45, 2.75) is 58.4 Å². The third kappa shape index (κ3) is 4.90. The summed E-state index contributed by atoms with van der Waals surface area (Å²) in [7, 11) is 0. The highest BCUT2D eigenvalue weighted by molar-refractivity contribution is 9.10. The predicted molar refractivity (Wildman–Crippen MR) is 149 cm³/mol. The molecule has 3 aromatic rings. The third-order valence-corrected chi connectivity index (χ3v) is 7.19. The molecule has 186 valence electrons. The number of aliphatic hydroxyl groups excluding tert-OH is 1. The second-order valence-electron chi connectivity index (χ2n) is 11.3. The van der Waals surface area contributed by atoms with Crippen molar-refractivity contribution in [2.24, 2.45) is 0 Å². The van der Waals surface area contributed by atoms with Gasteiger partial charge in [-0.15, -0.1) is 0 Å². The molecule has 0 aliphatic carbocycles. The van der Waals surface area contributed by atoms with Crippen molar-refractivity contribution < 1.29 is 14.7 Å². The first-order chi connectivity index (χ1) is 16.8. The van der Waals surface area contributed by atoms with E-state index < -0.39 is 17.7 Å². The Labute approximate surface area is 221 Å². The first-order valence-corrected chi connectivity index (χ1v) is 12.9. The van der Waals surface area contributed by atoms with Gasteiger partial charge in [-0.1, -0.05) is 106 Å². The monoisotopic (exact) mass is 545 g/mol. The molecule has 1 unspecified atom stereocenters. The first-order valence-electron chi connectivity index (χ1n) is 12.1. The number of anilines is 1. The van der Waals surface area contributed by atoms with Crippen LogP contribution in [0.3, 0.4) is 0 Å². The van der Waals surface area contributed by atoms with Gasteiger partial charge in [0.2, 0.25) is 0 Å². The lowest BCUT2D eigenvalue weighted by atomic mass is 9.85. The summed E-state index contributed by atoms with van der Waals surface area (Å²) in [4.78, 5) is 28.3. The normalized spacial score (nSPS) is 18.1. The fourth-order valence-electron chi connectivity index (χ4n) is 4.46. The van der Waals surface area contributed by atoms with E-state index in [0.717, 1.165) is 21.2 Å². The Morgan fingerprint density at radius 3 is 1.69 bits per heavy atom. The summed E-state index contributed by atoms with van der Waals surface area (Å²) in [6.07, 6.45) is 0. The van der Waals surface area contributed by atoms with Gasteiger partial charge in [-0.2, -0.15) is 0 Å². The van der Waals surface area contributed by atoms with Crippen LogP contribution in [0.2, 0.25) is 0 Å². The van der Waals surface area contributed by atoms with Gasteiger partial charge in [0.05, 0.1) is 11.6 Å². The number of rotatable bonds is 3. The van der Waals surface area contributed by atoms with Crippen LogP contribution < -0.4 is 4.90 Å². The molecule has 0 radical (unpaired) electrons. The van der Waals surface area contributed by atoms with Crippen molar-refractivity contribution in [3.63, 3.8) is 0 Å². The molecule has 0 spiro atoms. The number of amides is 1. The van der Waals surface area contributed by atoms with Gasteiger partial charge < -0.3 is 5.11 Å². The molecule has 4 nitrogen and oxygen atoms in total. The Hall–Kier alpha value is -3.18. The molecule has 4 rings (SSSR count). The quantitative estimate of drug-likeness (QED) is 0.208. The number of aliphatic hydroxyl groups is 1. The number of benzene rings is 3. The molecule has 3 aromatic carbocycles. The van der Waals surface area contributed by atoms with E-state index >= 15 is 0 Å². The summed E-state index contributed by atoms with van der Waals surface area (Å²) in [6.45, 7) is 12.8. The summed E-state index contributed by atoms with van der Waals surface area (Å²) < 4.78 is 0.854. The van der Waals surface area contributed by atoms with Crippen LogP contribution >= 0.6 is 15.9 Å². The highest BCUT2D eigenvalue weighted by atomic mass is 79.9. The number of halogens is 1. The summed E-state index contributed by atoms with van der Waals surface area (Å²) in [5, 5.41) is 11.3. The molecule has 1 aliphatic rings. The maximum atomic E-state index is 13.4. The fraction of sp³-hybridized carbons (Fsp3) is 0.290. The highest BCUT2D eigenvalue weighted by Gasteiger charge is 2.47. The second-order valence-corrected chi connectivity index (χ2v) is 12.3. The molecular weight excluding hydrogens is 514 g/mol. The van der Waals surface area contributed by atoms with Gasteiger partial charge in [0.25, 0.3) is 11.7 Å². The molecule has 1 amide bonds. The van der Waals surface area contributed by atoms with E-state index in [4.69, 9.17) is 0 Å². The lowest BCUT2D eigenvalue weighted by molar-refractivity contribution is -0.132. The van der Waals surface area contributed by atoms with Crippen molar-refractivity contribution in [1.29, 1.82) is 0 Å². The molecule has 5 heteroatoms. The van der Waals surface area contributed by atoms with Crippen LogP contribution in [0.1, 0.15) is 69.8 Å². The number of carbonyl (C=O) groups is 2. The van der Waals surface area contributed by atoms with Gasteiger partial charge in [0.1, 0.15) is 5.76 Å². The molecule has 0 saturated carbocycles.